The smallest absolute Gasteiger partial charge is 0.255 e. The van der Waals surface area contributed by atoms with E-state index in [2.05, 4.69) is 10.4 Å². The number of aryl methyl sites for hydroxylation is 1. The highest BCUT2D eigenvalue weighted by molar-refractivity contribution is 6.00. The molecule has 1 unspecified atom stereocenters. The molecule has 0 bridgehead atoms. The van der Waals surface area contributed by atoms with E-state index < -0.39 is 6.10 Å². The number of methoxy groups -OCH3 is 1. The van der Waals surface area contributed by atoms with Crippen LogP contribution in [0.4, 0.5) is 0 Å². The summed E-state index contributed by atoms with van der Waals surface area (Å²) in [7, 11) is 1.59. The SMILES string of the molecule is COc1ccc(C(O)CNC(=O)c2cn(-c3ccc(C)cc3)nc2-c2ccccc2)cc1. The average molecular weight is 428 g/mol. The van der Waals surface area contributed by atoms with E-state index in [4.69, 9.17) is 4.74 Å². The van der Waals surface area contributed by atoms with Crippen LogP contribution in [0.2, 0.25) is 0 Å². The topological polar surface area (TPSA) is 76.4 Å². The maximum atomic E-state index is 13.1. The van der Waals surface area contributed by atoms with Gasteiger partial charge in [0.15, 0.2) is 0 Å². The first-order valence-electron chi connectivity index (χ1n) is 10.4. The second-order valence-electron chi connectivity index (χ2n) is 7.54. The molecule has 6 heteroatoms. The summed E-state index contributed by atoms with van der Waals surface area (Å²) >= 11 is 0. The molecule has 162 valence electrons. The molecule has 0 aliphatic carbocycles. The number of nitrogens with one attached hydrogen (secondary N) is 1. The Morgan fingerprint density at radius 1 is 1.03 bits per heavy atom. The Bertz CT molecular complexity index is 1180. The number of carbonyl (C=O) groups is 1. The van der Waals surface area contributed by atoms with Crippen molar-refractivity contribution < 1.29 is 14.6 Å². The van der Waals surface area contributed by atoms with Crippen molar-refractivity contribution in [3.63, 3.8) is 0 Å². The van der Waals surface area contributed by atoms with Crippen molar-refractivity contribution >= 4 is 5.91 Å². The number of aromatic nitrogens is 2. The van der Waals surface area contributed by atoms with Gasteiger partial charge < -0.3 is 15.2 Å². The van der Waals surface area contributed by atoms with Crippen LogP contribution in [0.25, 0.3) is 16.9 Å². The van der Waals surface area contributed by atoms with Gasteiger partial charge in [0.2, 0.25) is 0 Å². The van der Waals surface area contributed by atoms with Crippen molar-refractivity contribution in [1.82, 2.24) is 15.1 Å². The Kier molecular flexibility index (Phi) is 6.33. The van der Waals surface area contributed by atoms with Crippen LogP contribution in [-0.2, 0) is 0 Å². The number of nitrogens with zero attached hydrogens (tertiary/aromatic N) is 2. The molecule has 1 amide bonds. The molecule has 1 heterocycles. The van der Waals surface area contributed by atoms with Crippen molar-refractivity contribution in [1.29, 1.82) is 0 Å². The van der Waals surface area contributed by atoms with Gasteiger partial charge in [-0.15, -0.1) is 0 Å². The molecule has 0 spiro atoms. The summed E-state index contributed by atoms with van der Waals surface area (Å²) in [5, 5.41) is 18.0. The predicted octanol–water partition coefficient (Wildman–Crippen LogP) is 4.32. The molecular weight excluding hydrogens is 402 g/mol. The Balaban J connectivity index is 1.57. The standard InChI is InChI=1S/C26H25N3O3/c1-18-8-12-21(13-9-18)29-17-23(25(28-29)20-6-4-3-5-7-20)26(31)27-16-24(30)19-10-14-22(32-2)15-11-19/h3-15,17,24,30H,16H2,1-2H3,(H,27,31). The van der Waals surface area contributed by atoms with Crippen molar-refractivity contribution in [3.05, 3.63) is 102 Å². The number of rotatable bonds is 7. The first kappa shape index (κ1) is 21.3. The van der Waals surface area contributed by atoms with Gasteiger partial charge in [0.25, 0.3) is 5.91 Å². The minimum atomic E-state index is -0.836. The fourth-order valence-corrected chi connectivity index (χ4v) is 3.41. The van der Waals surface area contributed by atoms with E-state index in [0.717, 1.165) is 16.8 Å². The van der Waals surface area contributed by atoms with Gasteiger partial charge in [-0.1, -0.05) is 60.2 Å². The van der Waals surface area contributed by atoms with E-state index in [1.165, 1.54) is 0 Å². The van der Waals surface area contributed by atoms with Gasteiger partial charge in [0.05, 0.1) is 24.5 Å². The summed E-state index contributed by atoms with van der Waals surface area (Å²) in [5.41, 5.74) is 4.59. The lowest BCUT2D eigenvalue weighted by Crippen LogP contribution is -2.28. The van der Waals surface area contributed by atoms with Crippen LogP contribution >= 0.6 is 0 Å². The Morgan fingerprint density at radius 2 is 1.72 bits per heavy atom. The molecule has 6 nitrogen and oxygen atoms in total. The lowest BCUT2D eigenvalue weighted by Gasteiger charge is -2.13. The predicted molar refractivity (Wildman–Crippen MR) is 124 cm³/mol. The number of aliphatic hydroxyl groups is 1. The zero-order valence-electron chi connectivity index (χ0n) is 18.0. The zero-order chi connectivity index (χ0) is 22.5. The molecule has 0 saturated heterocycles. The van der Waals surface area contributed by atoms with Crippen molar-refractivity contribution in [3.8, 4) is 22.7 Å². The van der Waals surface area contributed by atoms with Crippen LogP contribution < -0.4 is 10.1 Å². The van der Waals surface area contributed by atoms with Crippen LogP contribution in [0.15, 0.2) is 85.1 Å². The summed E-state index contributed by atoms with van der Waals surface area (Å²) in [6.45, 7) is 2.10. The summed E-state index contributed by atoms with van der Waals surface area (Å²) in [4.78, 5) is 13.1. The van der Waals surface area contributed by atoms with Crippen molar-refractivity contribution in [2.75, 3.05) is 13.7 Å². The molecule has 2 N–H and O–H groups in total. The first-order valence-corrected chi connectivity index (χ1v) is 10.4. The molecule has 0 saturated carbocycles. The molecule has 0 radical (unpaired) electrons. The molecule has 0 fully saturated rings. The number of aliphatic hydroxyl groups excluding tert-OH is 1. The number of carbonyl (C=O) groups excluding carboxylic acids is 1. The van der Waals surface area contributed by atoms with E-state index in [0.29, 0.717) is 22.6 Å². The maximum Gasteiger partial charge on any atom is 0.255 e. The highest BCUT2D eigenvalue weighted by Gasteiger charge is 2.19. The molecule has 1 aromatic heterocycles. The second kappa shape index (κ2) is 9.49. The van der Waals surface area contributed by atoms with Gasteiger partial charge in [-0.25, -0.2) is 4.68 Å². The summed E-state index contributed by atoms with van der Waals surface area (Å²) in [6, 6.07) is 24.6. The summed E-state index contributed by atoms with van der Waals surface area (Å²) in [5.74, 6) is 0.413. The van der Waals surface area contributed by atoms with Gasteiger partial charge in [-0.2, -0.15) is 5.10 Å². The minimum absolute atomic E-state index is 0.0785. The quantitative estimate of drug-likeness (QED) is 0.461. The van der Waals surface area contributed by atoms with E-state index in [9.17, 15) is 9.90 Å². The second-order valence-corrected chi connectivity index (χ2v) is 7.54. The lowest BCUT2D eigenvalue weighted by atomic mass is 10.1. The number of hydrogen-bond acceptors (Lipinski definition) is 4. The van der Waals surface area contributed by atoms with Gasteiger partial charge in [0, 0.05) is 18.3 Å². The van der Waals surface area contributed by atoms with Gasteiger partial charge in [-0.05, 0) is 36.8 Å². The number of hydrogen-bond donors (Lipinski definition) is 2. The highest BCUT2D eigenvalue weighted by Crippen LogP contribution is 2.24. The maximum absolute atomic E-state index is 13.1. The minimum Gasteiger partial charge on any atom is -0.497 e. The summed E-state index contributed by atoms with van der Waals surface area (Å²) in [6.07, 6.45) is 0.888. The van der Waals surface area contributed by atoms with Gasteiger partial charge >= 0.3 is 0 Å². The molecule has 0 aliphatic heterocycles. The van der Waals surface area contributed by atoms with Gasteiger partial charge in [-0.3, -0.25) is 4.79 Å². The van der Waals surface area contributed by atoms with Crippen molar-refractivity contribution in [2.24, 2.45) is 0 Å². The van der Waals surface area contributed by atoms with Crippen LogP contribution in [0.1, 0.15) is 27.6 Å². The third-order valence-electron chi connectivity index (χ3n) is 5.26. The van der Waals surface area contributed by atoms with Gasteiger partial charge in [0.1, 0.15) is 11.4 Å². The molecule has 4 rings (SSSR count). The van der Waals surface area contributed by atoms with Crippen LogP contribution in [0.3, 0.4) is 0 Å². The third-order valence-corrected chi connectivity index (χ3v) is 5.26. The lowest BCUT2D eigenvalue weighted by molar-refractivity contribution is 0.0917. The molecule has 1 atom stereocenters. The Labute approximate surface area is 187 Å². The normalized spacial score (nSPS) is 11.7. The Morgan fingerprint density at radius 3 is 2.38 bits per heavy atom. The van der Waals surface area contributed by atoms with Crippen LogP contribution in [0, 0.1) is 6.92 Å². The molecule has 0 aliphatic rings. The first-order chi connectivity index (χ1) is 15.5. The van der Waals surface area contributed by atoms with E-state index in [1.807, 2.05) is 61.5 Å². The largest absolute Gasteiger partial charge is 0.497 e. The van der Waals surface area contributed by atoms with Crippen LogP contribution in [-0.4, -0.2) is 34.4 Å². The summed E-state index contributed by atoms with van der Waals surface area (Å²) < 4.78 is 6.85. The molecule has 4 aromatic rings. The molecule has 32 heavy (non-hydrogen) atoms. The molecular formula is C26H25N3O3. The average Bonchev–Trinajstić information content (AvgIpc) is 3.29. The number of ether oxygens (including phenoxy) is 1. The highest BCUT2D eigenvalue weighted by atomic mass is 16.5. The van der Waals surface area contributed by atoms with E-state index >= 15 is 0 Å². The Hall–Kier alpha value is -3.90. The fraction of sp³-hybridized carbons (Fsp3) is 0.154. The van der Waals surface area contributed by atoms with Crippen molar-refractivity contribution in [2.45, 2.75) is 13.0 Å². The zero-order valence-corrected chi connectivity index (χ0v) is 18.0. The monoisotopic (exact) mass is 427 g/mol. The van der Waals surface area contributed by atoms with E-state index in [-0.39, 0.29) is 12.5 Å². The number of amides is 1. The molecule has 3 aromatic carbocycles. The van der Waals surface area contributed by atoms with Crippen LogP contribution in [0.5, 0.6) is 5.75 Å². The van der Waals surface area contributed by atoms with E-state index in [1.54, 1.807) is 42.3 Å². The third kappa shape index (κ3) is 4.71. The number of benzene rings is 3. The fourth-order valence-electron chi connectivity index (χ4n) is 3.41.